The van der Waals surface area contributed by atoms with Gasteiger partial charge in [0.15, 0.2) is 9.84 Å². The number of ether oxygens (including phenoxy) is 1. The SMILES string of the molecule is CS(=O)(=O)c1ccc(C2=C(c3ccc(-c4cscn4)cc3)C(=O)OC2)cc1F. The zero-order valence-electron chi connectivity index (χ0n) is 14.7. The number of nitrogens with zero attached hydrogens (tertiary/aromatic N) is 1. The quantitative estimate of drug-likeness (QED) is 0.606. The molecule has 3 aromatic rings. The number of thiazole rings is 1. The van der Waals surface area contributed by atoms with Crippen molar-refractivity contribution in [1.82, 2.24) is 4.98 Å². The fraction of sp³-hybridized carbons (Fsp3) is 0.100. The number of carbonyl (C=O) groups excluding carboxylic acids is 1. The summed E-state index contributed by atoms with van der Waals surface area (Å²) in [6.45, 7) is -0.000331. The highest BCUT2D eigenvalue weighted by atomic mass is 32.2. The molecule has 142 valence electrons. The van der Waals surface area contributed by atoms with Gasteiger partial charge in [0.25, 0.3) is 0 Å². The first kappa shape index (κ1) is 18.5. The van der Waals surface area contributed by atoms with Crippen molar-refractivity contribution < 1.29 is 22.3 Å². The van der Waals surface area contributed by atoms with E-state index >= 15 is 0 Å². The number of cyclic esters (lactones) is 1. The largest absolute Gasteiger partial charge is 0.457 e. The van der Waals surface area contributed by atoms with E-state index < -0.39 is 21.6 Å². The van der Waals surface area contributed by atoms with E-state index in [1.165, 1.54) is 23.5 Å². The summed E-state index contributed by atoms with van der Waals surface area (Å²) in [4.78, 5) is 16.2. The molecule has 0 bridgehead atoms. The van der Waals surface area contributed by atoms with Crippen molar-refractivity contribution in [3.05, 3.63) is 70.3 Å². The van der Waals surface area contributed by atoms with Crippen LogP contribution in [0.4, 0.5) is 4.39 Å². The maximum Gasteiger partial charge on any atom is 0.339 e. The van der Waals surface area contributed by atoms with E-state index in [0.29, 0.717) is 22.3 Å². The minimum atomic E-state index is -3.67. The first-order chi connectivity index (χ1) is 13.3. The van der Waals surface area contributed by atoms with Gasteiger partial charge in [-0.2, -0.15) is 0 Å². The molecule has 28 heavy (non-hydrogen) atoms. The van der Waals surface area contributed by atoms with Crippen molar-refractivity contribution in [1.29, 1.82) is 0 Å². The first-order valence-corrected chi connectivity index (χ1v) is 11.1. The van der Waals surface area contributed by atoms with Crippen LogP contribution in [0.1, 0.15) is 11.1 Å². The number of benzene rings is 2. The van der Waals surface area contributed by atoms with Crippen molar-refractivity contribution in [3.63, 3.8) is 0 Å². The van der Waals surface area contributed by atoms with Crippen LogP contribution in [0.5, 0.6) is 0 Å². The Bertz CT molecular complexity index is 1200. The Hall–Kier alpha value is -2.84. The summed E-state index contributed by atoms with van der Waals surface area (Å²) >= 11 is 1.49. The smallest absolute Gasteiger partial charge is 0.339 e. The molecule has 1 aliphatic heterocycles. The summed E-state index contributed by atoms with van der Waals surface area (Å²) in [6, 6.07) is 11.1. The second-order valence-corrected chi connectivity index (χ2v) is 9.00. The summed E-state index contributed by atoms with van der Waals surface area (Å²) in [7, 11) is -3.67. The molecule has 0 N–H and O–H groups in total. The topological polar surface area (TPSA) is 73.3 Å². The molecule has 0 amide bonds. The van der Waals surface area contributed by atoms with Crippen molar-refractivity contribution in [2.75, 3.05) is 12.9 Å². The lowest BCUT2D eigenvalue weighted by Crippen LogP contribution is -2.02. The molecule has 0 saturated heterocycles. The van der Waals surface area contributed by atoms with Gasteiger partial charge in [-0.3, -0.25) is 0 Å². The summed E-state index contributed by atoms with van der Waals surface area (Å²) in [6.07, 6.45) is 0.946. The fourth-order valence-electron chi connectivity index (χ4n) is 3.08. The Morgan fingerprint density at radius 3 is 2.36 bits per heavy atom. The second-order valence-electron chi connectivity index (χ2n) is 6.30. The van der Waals surface area contributed by atoms with Crippen LogP contribution in [0.25, 0.3) is 22.4 Å². The monoisotopic (exact) mass is 415 g/mol. The molecule has 0 fully saturated rings. The highest BCUT2D eigenvalue weighted by Crippen LogP contribution is 2.34. The van der Waals surface area contributed by atoms with Gasteiger partial charge in [-0.05, 0) is 23.3 Å². The maximum absolute atomic E-state index is 14.3. The molecule has 5 nitrogen and oxygen atoms in total. The minimum absolute atomic E-state index is 0.000331. The number of aromatic nitrogens is 1. The lowest BCUT2D eigenvalue weighted by atomic mass is 9.95. The van der Waals surface area contributed by atoms with Crippen LogP contribution in [0.3, 0.4) is 0 Å². The molecule has 1 aromatic heterocycles. The van der Waals surface area contributed by atoms with Gasteiger partial charge in [-0.1, -0.05) is 30.3 Å². The van der Waals surface area contributed by atoms with Crippen LogP contribution in [0, 0.1) is 5.82 Å². The number of rotatable bonds is 4. The third-order valence-corrected chi connectivity index (χ3v) is 6.15. The molecule has 2 heterocycles. The average molecular weight is 415 g/mol. The molecule has 0 unspecified atom stereocenters. The van der Waals surface area contributed by atoms with Gasteiger partial charge in [-0.25, -0.2) is 22.6 Å². The van der Waals surface area contributed by atoms with Gasteiger partial charge in [0.05, 0.1) is 16.8 Å². The molecule has 2 aromatic carbocycles. The number of hydrogen-bond donors (Lipinski definition) is 0. The van der Waals surface area contributed by atoms with Gasteiger partial charge in [0.1, 0.15) is 17.3 Å². The van der Waals surface area contributed by atoms with Gasteiger partial charge < -0.3 is 4.74 Å². The summed E-state index contributed by atoms with van der Waals surface area (Å²) in [5, 5.41) is 1.93. The number of hydrogen-bond acceptors (Lipinski definition) is 6. The first-order valence-electron chi connectivity index (χ1n) is 8.24. The Morgan fingerprint density at radius 1 is 1.07 bits per heavy atom. The predicted molar refractivity (Wildman–Crippen MR) is 105 cm³/mol. The molecule has 8 heteroatoms. The highest BCUT2D eigenvalue weighted by molar-refractivity contribution is 7.90. The Labute approximate surface area is 165 Å². The number of carbonyl (C=O) groups is 1. The molecule has 0 radical (unpaired) electrons. The normalized spacial score (nSPS) is 14.4. The third-order valence-electron chi connectivity index (χ3n) is 4.43. The van der Waals surface area contributed by atoms with Gasteiger partial charge >= 0.3 is 5.97 Å². The van der Waals surface area contributed by atoms with Crippen molar-refractivity contribution in [2.24, 2.45) is 0 Å². The van der Waals surface area contributed by atoms with Crippen molar-refractivity contribution >= 4 is 38.3 Å². The molecule has 1 aliphatic rings. The summed E-state index contributed by atoms with van der Waals surface area (Å²) < 4.78 is 42.7. The van der Waals surface area contributed by atoms with E-state index in [1.807, 2.05) is 17.5 Å². The van der Waals surface area contributed by atoms with Crippen LogP contribution in [0.15, 0.2) is 58.3 Å². The maximum atomic E-state index is 14.3. The number of sulfone groups is 1. The fourth-order valence-corrected chi connectivity index (χ4v) is 4.37. The standard InChI is InChI=1S/C20H14FNO4S2/c1-28(24,25)18-7-6-14(8-16(18)21)15-9-26-20(23)19(15)13-4-2-12(3-5-13)17-10-27-11-22-17/h2-8,10-11H,9H2,1H3. The molecule has 0 atom stereocenters. The summed E-state index contributed by atoms with van der Waals surface area (Å²) in [5.41, 5.74) is 5.42. The highest BCUT2D eigenvalue weighted by Gasteiger charge is 2.28. The van der Waals surface area contributed by atoms with Crippen LogP contribution >= 0.6 is 11.3 Å². The van der Waals surface area contributed by atoms with E-state index in [1.54, 1.807) is 17.6 Å². The molecular weight excluding hydrogens is 401 g/mol. The Kier molecular flexibility index (Phi) is 4.60. The lowest BCUT2D eigenvalue weighted by Gasteiger charge is -2.07. The van der Waals surface area contributed by atoms with Crippen LogP contribution in [0.2, 0.25) is 0 Å². The second kappa shape index (κ2) is 6.96. The average Bonchev–Trinajstić information content (AvgIpc) is 3.30. The minimum Gasteiger partial charge on any atom is -0.457 e. The van der Waals surface area contributed by atoms with Gasteiger partial charge in [-0.15, -0.1) is 11.3 Å². The van der Waals surface area contributed by atoms with Crippen LogP contribution < -0.4 is 0 Å². The molecular formula is C20H14FNO4S2. The van der Waals surface area contributed by atoms with Gasteiger partial charge in [0.2, 0.25) is 0 Å². The van der Waals surface area contributed by atoms with E-state index in [9.17, 15) is 17.6 Å². The molecule has 0 spiro atoms. The number of halogens is 1. The van der Waals surface area contributed by atoms with Crippen molar-refractivity contribution in [2.45, 2.75) is 4.90 Å². The van der Waals surface area contributed by atoms with Crippen LogP contribution in [-0.4, -0.2) is 32.2 Å². The molecule has 0 aliphatic carbocycles. The summed E-state index contributed by atoms with van der Waals surface area (Å²) in [5.74, 6) is -1.35. The third kappa shape index (κ3) is 3.36. The Balaban J connectivity index is 1.77. The molecule has 0 saturated carbocycles. The molecule has 4 rings (SSSR count). The lowest BCUT2D eigenvalue weighted by molar-refractivity contribution is -0.133. The zero-order valence-corrected chi connectivity index (χ0v) is 16.3. The van der Waals surface area contributed by atoms with Crippen LogP contribution in [-0.2, 0) is 19.4 Å². The van der Waals surface area contributed by atoms with E-state index in [-0.39, 0.29) is 11.5 Å². The van der Waals surface area contributed by atoms with E-state index in [4.69, 9.17) is 4.74 Å². The Morgan fingerprint density at radius 2 is 1.75 bits per heavy atom. The number of esters is 1. The van der Waals surface area contributed by atoms with E-state index in [2.05, 4.69) is 4.98 Å². The zero-order chi connectivity index (χ0) is 19.9. The van der Waals surface area contributed by atoms with Crippen molar-refractivity contribution in [3.8, 4) is 11.3 Å². The van der Waals surface area contributed by atoms with Gasteiger partial charge in [0, 0.05) is 22.8 Å². The van der Waals surface area contributed by atoms with E-state index in [0.717, 1.165) is 23.6 Å². The predicted octanol–water partition coefficient (Wildman–Crippen LogP) is 3.82.